The van der Waals surface area contributed by atoms with Gasteiger partial charge in [-0.1, -0.05) is 12.1 Å². The van der Waals surface area contributed by atoms with Crippen molar-refractivity contribution in [3.05, 3.63) is 35.4 Å². The van der Waals surface area contributed by atoms with E-state index >= 15 is 0 Å². The van der Waals surface area contributed by atoms with Crippen molar-refractivity contribution >= 4 is 0 Å². The minimum absolute atomic E-state index is 0.616. The molecule has 1 aromatic rings. The molecule has 1 aliphatic carbocycles. The van der Waals surface area contributed by atoms with Crippen LogP contribution in [0, 0.1) is 17.2 Å². The summed E-state index contributed by atoms with van der Waals surface area (Å²) in [7, 11) is 1.75. The van der Waals surface area contributed by atoms with Crippen molar-refractivity contribution < 1.29 is 4.74 Å². The highest BCUT2D eigenvalue weighted by Crippen LogP contribution is 2.35. The van der Waals surface area contributed by atoms with Crippen molar-refractivity contribution in [2.45, 2.75) is 32.4 Å². The standard InChI is InChI=1S/C16H22N2O/c1-13(16-7-8-16)18(9-10-19-2)12-15-5-3-14(11-17)4-6-15/h3-6,13,16H,7-10,12H2,1-2H3. The Labute approximate surface area is 115 Å². The summed E-state index contributed by atoms with van der Waals surface area (Å²) in [5, 5.41) is 8.82. The maximum atomic E-state index is 8.82. The lowest BCUT2D eigenvalue weighted by atomic mass is 10.1. The molecule has 0 aromatic heterocycles. The number of hydrogen-bond acceptors (Lipinski definition) is 3. The van der Waals surface area contributed by atoms with E-state index < -0.39 is 0 Å². The van der Waals surface area contributed by atoms with Crippen molar-refractivity contribution in [1.82, 2.24) is 4.90 Å². The fourth-order valence-corrected chi connectivity index (χ4v) is 2.43. The van der Waals surface area contributed by atoms with Gasteiger partial charge in [-0.05, 0) is 43.4 Å². The van der Waals surface area contributed by atoms with Gasteiger partial charge in [0.15, 0.2) is 0 Å². The van der Waals surface area contributed by atoms with Crippen LogP contribution in [0.25, 0.3) is 0 Å². The van der Waals surface area contributed by atoms with E-state index in [0.717, 1.165) is 31.2 Å². The molecule has 0 aliphatic heterocycles. The van der Waals surface area contributed by atoms with Crippen molar-refractivity contribution in [1.29, 1.82) is 5.26 Å². The van der Waals surface area contributed by atoms with Gasteiger partial charge < -0.3 is 4.74 Å². The molecule has 1 fully saturated rings. The highest BCUT2D eigenvalue weighted by Gasteiger charge is 2.31. The summed E-state index contributed by atoms with van der Waals surface area (Å²) in [6.07, 6.45) is 2.72. The van der Waals surface area contributed by atoms with Gasteiger partial charge in [0.1, 0.15) is 0 Å². The molecule has 1 saturated carbocycles. The van der Waals surface area contributed by atoms with Crippen LogP contribution in [-0.2, 0) is 11.3 Å². The van der Waals surface area contributed by atoms with E-state index in [9.17, 15) is 0 Å². The van der Waals surface area contributed by atoms with E-state index in [0.29, 0.717) is 6.04 Å². The molecule has 1 atom stereocenters. The monoisotopic (exact) mass is 258 g/mol. The fourth-order valence-electron chi connectivity index (χ4n) is 2.43. The molecule has 0 saturated heterocycles. The van der Waals surface area contributed by atoms with E-state index in [1.165, 1.54) is 18.4 Å². The molecule has 0 radical (unpaired) electrons. The van der Waals surface area contributed by atoms with Gasteiger partial charge in [0, 0.05) is 26.2 Å². The Bertz CT molecular complexity index is 431. The van der Waals surface area contributed by atoms with Crippen molar-refractivity contribution in [3.8, 4) is 6.07 Å². The fraction of sp³-hybridized carbons (Fsp3) is 0.562. The van der Waals surface area contributed by atoms with Crippen molar-refractivity contribution in [2.75, 3.05) is 20.3 Å². The number of ether oxygens (including phenoxy) is 1. The summed E-state index contributed by atoms with van der Waals surface area (Å²) in [6.45, 7) is 4.99. The topological polar surface area (TPSA) is 36.3 Å². The zero-order valence-electron chi connectivity index (χ0n) is 11.8. The van der Waals surface area contributed by atoms with E-state index in [1.807, 2.05) is 12.1 Å². The molecule has 0 amide bonds. The maximum absolute atomic E-state index is 8.82. The van der Waals surface area contributed by atoms with Crippen LogP contribution in [0.15, 0.2) is 24.3 Å². The summed E-state index contributed by atoms with van der Waals surface area (Å²) in [4.78, 5) is 2.49. The van der Waals surface area contributed by atoms with Gasteiger partial charge in [-0.25, -0.2) is 0 Å². The Hall–Kier alpha value is -1.37. The van der Waals surface area contributed by atoms with Gasteiger partial charge in [0.25, 0.3) is 0 Å². The molecular formula is C16H22N2O. The Morgan fingerprint density at radius 1 is 1.37 bits per heavy atom. The zero-order chi connectivity index (χ0) is 13.7. The van der Waals surface area contributed by atoms with Crippen LogP contribution in [-0.4, -0.2) is 31.2 Å². The number of rotatable bonds is 7. The van der Waals surface area contributed by atoms with Gasteiger partial charge in [0.05, 0.1) is 18.2 Å². The molecular weight excluding hydrogens is 236 g/mol. The third kappa shape index (κ3) is 4.05. The maximum Gasteiger partial charge on any atom is 0.0991 e. The van der Waals surface area contributed by atoms with Crippen LogP contribution in [0.4, 0.5) is 0 Å². The lowest BCUT2D eigenvalue weighted by Gasteiger charge is -2.29. The lowest BCUT2D eigenvalue weighted by Crippen LogP contribution is -2.36. The second-order valence-corrected chi connectivity index (χ2v) is 5.35. The Morgan fingerprint density at radius 2 is 2.05 bits per heavy atom. The molecule has 3 heteroatoms. The first-order valence-electron chi connectivity index (χ1n) is 6.96. The number of nitrogens with zero attached hydrogens (tertiary/aromatic N) is 2. The Balaban J connectivity index is 1.99. The normalized spacial score (nSPS) is 16.3. The summed E-state index contributed by atoms with van der Waals surface area (Å²) in [5.74, 6) is 0.857. The molecule has 0 spiro atoms. The Kier molecular flexibility index (Phi) is 4.95. The third-order valence-corrected chi connectivity index (χ3v) is 3.93. The van der Waals surface area contributed by atoms with Gasteiger partial charge in [-0.3, -0.25) is 4.90 Å². The molecule has 1 aromatic carbocycles. The third-order valence-electron chi connectivity index (χ3n) is 3.93. The van der Waals surface area contributed by atoms with Gasteiger partial charge >= 0.3 is 0 Å². The van der Waals surface area contributed by atoms with Gasteiger partial charge in [-0.2, -0.15) is 5.26 Å². The summed E-state index contributed by atoms with van der Waals surface area (Å²) < 4.78 is 5.21. The predicted molar refractivity (Wildman–Crippen MR) is 75.6 cm³/mol. The smallest absolute Gasteiger partial charge is 0.0991 e. The quantitative estimate of drug-likeness (QED) is 0.754. The predicted octanol–water partition coefficient (Wildman–Crippen LogP) is 2.81. The molecule has 1 unspecified atom stereocenters. The SMILES string of the molecule is COCCN(Cc1ccc(C#N)cc1)C(C)C1CC1. The van der Waals surface area contributed by atoms with E-state index in [2.05, 4.69) is 30.0 Å². The largest absolute Gasteiger partial charge is 0.383 e. The zero-order valence-corrected chi connectivity index (χ0v) is 11.8. The van der Waals surface area contributed by atoms with Crippen LogP contribution in [0.1, 0.15) is 30.9 Å². The first kappa shape index (κ1) is 14.0. The number of methoxy groups -OCH3 is 1. The lowest BCUT2D eigenvalue weighted by molar-refractivity contribution is 0.111. The van der Waals surface area contributed by atoms with Crippen LogP contribution in [0.2, 0.25) is 0 Å². The first-order valence-corrected chi connectivity index (χ1v) is 6.96. The summed E-state index contributed by atoms with van der Waals surface area (Å²) in [6, 6.07) is 10.7. The minimum Gasteiger partial charge on any atom is -0.383 e. The van der Waals surface area contributed by atoms with Crippen LogP contribution in [0.5, 0.6) is 0 Å². The molecule has 0 heterocycles. The molecule has 2 rings (SSSR count). The van der Waals surface area contributed by atoms with Crippen LogP contribution in [0.3, 0.4) is 0 Å². The molecule has 3 nitrogen and oxygen atoms in total. The average Bonchev–Trinajstić information content (AvgIpc) is 3.28. The van der Waals surface area contributed by atoms with Gasteiger partial charge in [0.2, 0.25) is 0 Å². The second-order valence-electron chi connectivity index (χ2n) is 5.35. The summed E-state index contributed by atoms with van der Waals surface area (Å²) >= 11 is 0. The first-order chi connectivity index (χ1) is 9.24. The molecule has 0 N–H and O–H groups in total. The second kappa shape index (κ2) is 6.70. The molecule has 19 heavy (non-hydrogen) atoms. The molecule has 1 aliphatic rings. The number of hydrogen-bond donors (Lipinski definition) is 0. The van der Waals surface area contributed by atoms with Crippen LogP contribution >= 0.6 is 0 Å². The average molecular weight is 258 g/mol. The Morgan fingerprint density at radius 3 is 2.58 bits per heavy atom. The molecule has 102 valence electrons. The number of benzene rings is 1. The van der Waals surface area contributed by atoms with E-state index in [-0.39, 0.29) is 0 Å². The highest BCUT2D eigenvalue weighted by molar-refractivity contribution is 5.31. The van der Waals surface area contributed by atoms with Gasteiger partial charge in [-0.15, -0.1) is 0 Å². The highest BCUT2D eigenvalue weighted by atomic mass is 16.5. The van der Waals surface area contributed by atoms with E-state index in [1.54, 1.807) is 7.11 Å². The van der Waals surface area contributed by atoms with Crippen molar-refractivity contribution in [3.63, 3.8) is 0 Å². The number of nitriles is 1. The van der Waals surface area contributed by atoms with Crippen molar-refractivity contribution in [2.24, 2.45) is 5.92 Å². The minimum atomic E-state index is 0.616. The molecule has 0 bridgehead atoms. The van der Waals surface area contributed by atoms with Crippen LogP contribution < -0.4 is 0 Å². The summed E-state index contributed by atoms with van der Waals surface area (Å²) in [5.41, 5.74) is 1.99. The van der Waals surface area contributed by atoms with E-state index in [4.69, 9.17) is 10.00 Å².